The second-order valence-corrected chi connectivity index (χ2v) is 4.95. The van der Waals surface area contributed by atoms with E-state index in [-0.39, 0.29) is 16.7 Å². The van der Waals surface area contributed by atoms with Crippen LogP contribution in [0.1, 0.15) is 12.8 Å². The Morgan fingerprint density at radius 3 is 2.50 bits per heavy atom. The number of rotatable bonds is 3. The van der Waals surface area contributed by atoms with Crippen molar-refractivity contribution in [3.8, 4) is 5.75 Å². The minimum absolute atomic E-state index is 0.123. The van der Waals surface area contributed by atoms with E-state index in [2.05, 4.69) is 5.32 Å². The summed E-state index contributed by atoms with van der Waals surface area (Å²) >= 11 is 0. The van der Waals surface area contributed by atoms with Crippen molar-refractivity contribution >= 4 is 16.5 Å². The Hall–Kier alpha value is -2.14. The molecule has 0 atom stereocenters. The van der Waals surface area contributed by atoms with Crippen LogP contribution in [0.15, 0.2) is 36.4 Å². The molecule has 0 spiro atoms. The largest absolute Gasteiger partial charge is 0.490 e. The average molecular weight is 272 g/mol. The Labute approximate surface area is 116 Å². The van der Waals surface area contributed by atoms with Crippen molar-refractivity contribution in [2.45, 2.75) is 18.9 Å². The van der Waals surface area contributed by atoms with Gasteiger partial charge in [-0.05, 0) is 38.1 Å². The van der Waals surface area contributed by atoms with Crippen molar-refractivity contribution in [1.29, 1.82) is 0 Å². The fourth-order valence-electron chi connectivity index (χ4n) is 2.61. The molecule has 0 aliphatic carbocycles. The summed E-state index contributed by atoms with van der Waals surface area (Å²) in [5, 5.41) is 15.8. The molecule has 1 saturated heterocycles. The van der Waals surface area contributed by atoms with E-state index >= 15 is 0 Å². The van der Waals surface area contributed by atoms with Gasteiger partial charge in [0.05, 0.1) is 10.3 Å². The number of nitro benzene ring substituents is 1. The van der Waals surface area contributed by atoms with E-state index in [1.807, 2.05) is 18.2 Å². The third-order valence-corrected chi connectivity index (χ3v) is 3.64. The monoisotopic (exact) mass is 272 g/mol. The lowest BCUT2D eigenvalue weighted by Gasteiger charge is -2.24. The maximum Gasteiger partial charge on any atom is 0.277 e. The van der Waals surface area contributed by atoms with Crippen LogP contribution in [0, 0.1) is 10.1 Å². The van der Waals surface area contributed by atoms with Crippen molar-refractivity contribution in [2.24, 2.45) is 0 Å². The molecule has 20 heavy (non-hydrogen) atoms. The van der Waals surface area contributed by atoms with Gasteiger partial charge in [0.1, 0.15) is 11.9 Å². The number of hydrogen-bond acceptors (Lipinski definition) is 4. The van der Waals surface area contributed by atoms with Crippen LogP contribution in [-0.2, 0) is 0 Å². The Kier molecular flexibility index (Phi) is 3.52. The summed E-state index contributed by atoms with van der Waals surface area (Å²) < 4.78 is 6.04. The first-order valence-electron chi connectivity index (χ1n) is 6.79. The summed E-state index contributed by atoms with van der Waals surface area (Å²) in [6.07, 6.45) is 2.11. The van der Waals surface area contributed by atoms with E-state index in [1.54, 1.807) is 12.1 Å². The highest BCUT2D eigenvalue weighted by molar-refractivity contribution is 5.95. The number of benzene rings is 2. The SMILES string of the molecule is O=[N+]([O-])c1ccc(OC2CCNCC2)c2ccccc12. The van der Waals surface area contributed by atoms with E-state index in [9.17, 15) is 10.1 Å². The van der Waals surface area contributed by atoms with Gasteiger partial charge in [-0.2, -0.15) is 0 Å². The van der Waals surface area contributed by atoms with Gasteiger partial charge in [0.2, 0.25) is 0 Å². The lowest BCUT2D eigenvalue weighted by atomic mass is 10.1. The predicted octanol–water partition coefficient (Wildman–Crippen LogP) is 2.88. The van der Waals surface area contributed by atoms with Gasteiger partial charge in [-0.1, -0.05) is 18.2 Å². The van der Waals surface area contributed by atoms with Crippen LogP contribution >= 0.6 is 0 Å². The first-order chi connectivity index (χ1) is 9.75. The fraction of sp³-hybridized carbons (Fsp3) is 0.333. The van der Waals surface area contributed by atoms with Crippen molar-refractivity contribution in [2.75, 3.05) is 13.1 Å². The van der Waals surface area contributed by atoms with Crippen molar-refractivity contribution in [3.63, 3.8) is 0 Å². The molecule has 104 valence electrons. The van der Waals surface area contributed by atoms with Gasteiger partial charge in [-0.25, -0.2) is 0 Å². The van der Waals surface area contributed by atoms with Gasteiger partial charge < -0.3 is 10.1 Å². The summed E-state index contributed by atoms with van der Waals surface area (Å²) in [7, 11) is 0. The van der Waals surface area contributed by atoms with Crippen LogP contribution in [0.25, 0.3) is 10.8 Å². The highest BCUT2D eigenvalue weighted by Gasteiger charge is 2.18. The van der Waals surface area contributed by atoms with Gasteiger partial charge in [0.25, 0.3) is 5.69 Å². The Morgan fingerprint density at radius 2 is 1.80 bits per heavy atom. The van der Waals surface area contributed by atoms with Gasteiger partial charge in [0, 0.05) is 11.5 Å². The number of ether oxygens (including phenoxy) is 1. The minimum Gasteiger partial charge on any atom is -0.490 e. The second-order valence-electron chi connectivity index (χ2n) is 4.95. The number of nitrogens with one attached hydrogen (secondary N) is 1. The number of piperidine rings is 1. The standard InChI is InChI=1S/C15H16N2O3/c18-17(19)14-5-6-15(13-4-2-1-3-12(13)14)20-11-7-9-16-10-8-11/h1-6,11,16H,7-10H2. The molecule has 0 unspecified atom stereocenters. The molecule has 0 radical (unpaired) electrons. The highest BCUT2D eigenvalue weighted by atomic mass is 16.6. The molecule has 3 rings (SSSR count). The van der Waals surface area contributed by atoms with Crippen LogP contribution in [-0.4, -0.2) is 24.1 Å². The molecule has 0 amide bonds. The quantitative estimate of drug-likeness (QED) is 0.689. The fourth-order valence-corrected chi connectivity index (χ4v) is 2.61. The van der Waals surface area contributed by atoms with E-state index in [1.165, 1.54) is 6.07 Å². The minimum atomic E-state index is -0.351. The summed E-state index contributed by atoms with van der Waals surface area (Å²) in [6, 6.07) is 10.6. The summed E-state index contributed by atoms with van der Waals surface area (Å²) in [4.78, 5) is 10.7. The molecule has 0 bridgehead atoms. The molecule has 1 aliphatic heterocycles. The molecule has 1 aliphatic rings. The third-order valence-electron chi connectivity index (χ3n) is 3.64. The molecule has 1 N–H and O–H groups in total. The van der Waals surface area contributed by atoms with Crippen LogP contribution in [0.5, 0.6) is 5.75 Å². The molecule has 2 aromatic rings. The number of non-ortho nitro benzene ring substituents is 1. The first kappa shape index (κ1) is 12.9. The van der Waals surface area contributed by atoms with E-state index < -0.39 is 0 Å². The van der Waals surface area contributed by atoms with Crippen LogP contribution in [0.3, 0.4) is 0 Å². The van der Waals surface area contributed by atoms with Gasteiger partial charge in [0.15, 0.2) is 0 Å². The number of hydrogen-bond donors (Lipinski definition) is 1. The number of nitro groups is 1. The molecule has 2 aromatic carbocycles. The molecule has 0 saturated carbocycles. The molecular weight excluding hydrogens is 256 g/mol. The van der Waals surface area contributed by atoms with Crippen LogP contribution in [0.4, 0.5) is 5.69 Å². The normalized spacial score (nSPS) is 16.2. The first-order valence-corrected chi connectivity index (χ1v) is 6.79. The molecule has 0 aromatic heterocycles. The zero-order valence-corrected chi connectivity index (χ0v) is 11.0. The summed E-state index contributed by atoms with van der Waals surface area (Å²) in [6.45, 7) is 1.91. The number of nitrogens with zero attached hydrogens (tertiary/aromatic N) is 1. The summed E-state index contributed by atoms with van der Waals surface area (Å²) in [5.41, 5.74) is 0.123. The lowest BCUT2D eigenvalue weighted by Crippen LogP contribution is -2.34. The Morgan fingerprint density at radius 1 is 1.10 bits per heavy atom. The average Bonchev–Trinajstić information content (AvgIpc) is 2.48. The van der Waals surface area contributed by atoms with E-state index in [0.29, 0.717) is 5.39 Å². The Bertz CT molecular complexity index is 636. The lowest BCUT2D eigenvalue weighted by molar-refractivity contribution is -0.383. The Balaban J connectivity index is 1.99. The molecule has 1 fully saturated rings. The van der Waals surface area contributed by atoms with Gasteiger partial charge in [-0.15, -0.1) is 0 Å². The van der Waals surface area contributed by atoms with Crippen LogP contribution in [0.2, 0.25) is 0 Å². The molecule has 1 heterocycles. The highest BCUT2D eigenvalue weighted by Crippen LogP contribution is 2.33. The van der Waals surface area contributed by atoms with Crippen molar-refractivity contribution in [1.82, 2.24) is 5.32 Å². The van der Waals surface area contributed by atoms with Gasteiger partial charge in [-0.3, -0.25) is 10.1 Å². The smallest absolute Gasteiger partial charge is 0.277 e. The van der Waals surface area contributed by atoms with E-state index in [0.717, 1.165) is 37.1 Å². The zero-order chi connectivity index (χ0) is 13.9. The van der Waals surface area contributed by atoms with E-state index in [4.69, 9.17) is 4.74 Å². The van der Waals surface area contributed by atoms with Crippen LogP contribution < -0.4 is 10.1 Å². The molecule has 5 heteroatoms. The number of fused-ring (bicyclic) bond motifs is 1. The predicted molar refractivity (Wildman–Crippen MR) is 77.1 cm³/mol. The van der Waals surface area contributed by atoms with Gasteiger partial charge >= 0.3 is 0 Å². The topological polar surface area (TPSA) is 64.4 Å². The summed E-state index contributed by atoms with van der Waals surface area (Å²) in [5.74, 6) is 0.734. The maximum absolute atomic E-state index is 11.1. The van der Waals surface area contributed by atoms with Crippen molar-refractivity contribution in [3.05, 3.63) is 46.5 Å². The zero-order valence-electron chi connectivity index (χ0n) is 11.0. The maximum atomic E-state index is 11.1. The second kappa shape index (κ2) is 5.46. The molecule has 5 nitrogen and oxygen atoms in total. The molecular formula is C15H16N2O3. The third kappa shape index (κ3) is 2.44. The van der Waals surface area contributed by atoms with Crippen molar-refractivity contribution < 1.29 is 9.66 Å².